The first-order valence-electron chi connectivity index (χ1n) is 9.32. The molecule has 0 aromatic carbocycles. The molecule has 2 aliphatic heterocycles. The highest BCUT2D eigenvalue weighted by Crippen LogP contribution is 2.41. The van der Waals surface area contributed by atoms with E-state index < -0.39 is 0 Å². The first-order valence-corrected chi connectivity index (χ1v) is 9.32. The van der Waals surface area contributed by atoms with Gasteiger partial charge in [0.2, 0.25) is 11.8 Å². The third-order valence-electron chi connectivity index (χ3n) is 5.85. The van der Waals surface area contributed by atoms with Crippen molar-refractivity contribution in [3.05, 3.63) is 18.0 Å². The molecule has 3 heterocycles. The van der Waals surface area contributed by atoms with Crippen molar-refractivity contribution in [1.82, 2.24) is 25.5 Å². The maximum Gasteiger partial charge on any atom is 0.316 e. The topological polar surface area (TPSA) is 114 Å². The number of rotatable bonds is 6. The Bertz CT molecular complexity index is 766. The van der Waals surface area contributed by atoms with E-state index in [-0.39, 0.29) is 59.9 Å². The Balaban J connectivity index is 1.30. The number of methoxy groups -OCH3 is 1. The highest BCUT2D eigenvalue weighted by molar-refractivity contribution is 5.93. The van der Waals surface area contributed by atoms with E-state index in [1.54, 1.807) is 4.90 Å². The number of hydrogen-bond donors (Lipinski definition) is 2. The van der Waals surface area contributed by atoms with Gasteiger partial charge in [0.05, 0.1) is 25.7 Å². The van der Waals surface area contributed by atoms with Crippen LogP contribution < -0.4 is 15.4 Å². The van der Waals surface area contributed by atoms with Gasteiger partial charge in [-0.25, -0.2) is 4.98 Å². The fraction of sp³-hybridized carbons (Fsp3) is 0.611. The predicted octanol–water partition coefficient (Wildman–Crippen LogP) is -0.269. The molecule has 2 N–H and O–H groups in total. The van der Waals surface area contributed by atoms with Gasteiger partial charge in [-0.15, -0.1) is 0 Å². The van der Waals surface area contributed by atoms with Gasteiger partial charge in [0, 0.05) is 24.6 Å². The van der Waals surface area contributed by atoms with Crippen molar-refractivity contribution in [3.8, 4) is 6.01 Å². The number of aromatic nitrogens is 2. The molecular weight excluding hydrogens is 350 g/mol. The minimum Gasteiger partial charge on any atom is -0.467 e. The molecular formula is C18H23N5O4. The van der Waals surface area contributed by atoms with Crippen LogP contribution in [0.15, 0.2) is 12.3 Å². The van der Waals surface area contributed by atoms with Crippen LogP contribution in [0, 0.1) is 11.8 Å². The third kappa shape index (κ3) is 3.33. The number of ether oxygens (including phenoxy) is 1. The van der Waals surface area contributed by atoms with Crippen molar-refractivity contribution < 1.29 is 19.1 Å². The van der Waals surface area contributed by atoms with E-state index >= 15 is 0 Å². The SMILES string of the molecule is COc1nccc(C(=O)NC2C3CC2N(C(=O)CNC(=O)C2CCC2)C3)n1. The second-order valence-electron chi connectivity index (χ2n) is 7.38. The Kier molecular flexibility index (Phi) is 4.67. The van der Waals surface area contributed by atoms with Crippen molar-refractivity contribution in [3.63, 3.8) is 0 Å². The van der Waals surface area contributed by atoms with Gasteiger partial charge in [0.25, 0.3) is 5.91 Å². The van der Waals surface area contributed by atoms with Gasteiger partial charge < -0.3 is 20.3 Å². The zero-order valence-corrected chi connectivity index (χ0v) is 15.2. The quantitative estimate of drug-likeness (QED) is 0.710. The van der Waals surface area contributed by atoms with Crippen LogP contribution in [0.2, 0.25) is 0 Å². The molecule has 2 bridgehead atoms. The van der Waals surface area contributed by atoms with Gasteiger partial charge in [0.15, 0.2) is 0 Å². The predicted molar refractivity (Wildman–Crippen MR) is 93.8 cm³/mol. The largest absolute Gasteiger partial charge is 0.467 e. The van der Waals surface area contributed by atoms with Crippen molar-refractivity contribution in [1.29, 1.82) is 0 Å². The van der Waals surface area contributed by atoms with Gasteiger partial charge in [-0.3, -0.25) is 14.4 Å². The second-order valence-corrected chi connectivity index (χ2v) is 7.38. The minimum atomic E-state index is -0.303. The van der Waals surface area contributed by atoms with E-state index in [1.165, 1.54) is 19.4 Å². The summed E-state index contributed by atoms with van der Waals surface area (Å²) in [6.45, 7) is 0.642. The summed E-state index contributed by atoms with van der Waals surface area (Å²) < 4.78 is 4.94. The fourth-order valence-corrected chi connectivity index (χ4v) is 3.99. The Labute approximate surface area is 156 Å². The summed E-state index contributed by atoms with van der Waals surface area (Å²) in [7, 11) is 1.44. The van der Waals surface area contributed by atoms with Crippen molar-refractivity contribution >= 4 is 17.7 Å². The number of carbonyl (C=O) groups is 3. The normalized spacial score (nSPS) is 26.0. The fourth-order valence-electron chi connectivity index (χ4n) is 3.99. The van der Waals surface area contributed by atoms with Crippen molar-refractivity contribution in [2.75, 3.05) is 20.2 Å². The van der Waals surface area contributed by atoms with Gasteiger partial charge in [0.1, 0.15) is 5.69 Å². The summed E-state index contributed by atoms with van der Waals surface area (Å²) in [4.78, 5) is 46.5. The Morgan fingerprint density at radius 2 is 2.15 bits per heavy atom. The van der Waals surface area contributed by atoms with Crippen LogP contribution >= 0.6 is 0 Å². The Hall–Kier alpha value is -2.71. The maximum absolute atomic E-state index is 12.5. The molecule has 2 saturated carbocycles. The molecule has 1 aromatic rings. The highest BCUT2D eigenvalue weighted by atomic mass is 16.5. The number of hydrogen-bond acceptors (Lipinski definition) is 6. The van der Waals surface area contributed by atoms with Gasteiger partial charge in [-0.1, -0.05) is 6.42 Å². The Morgan fingerprint density at radius 3 is 2.85 bits per heavy atom. The lowest BCUT2D eigenvalue weighted by molar-refractivity contribution is -0.135. The van der Waals surface area contributed by atoms with Gasteiger partial charge in [-0.05, 0) is 25.3 Å². The average Bonchev–Trinajstić information content (AvgIpc) is 3.22. The lowest BCUT2D eigenvalue weighted by Crippen LogP contribution is -2.56. The van der Waals surface area contributed by atoms with E-state index in [9.17, 15) is 14.4 Å². The second kappa shape index (κ2) is 7.13. The summed E-state index contributed by atoms with van der Waals surface area (Å²) in [6, 6.07) is 1.57. The molecule has 2 aliphatic carbocycles. The average molecular weight is 373 g/mol. The van der Waals surface area contributed by atoms with E-state index in [1.807, 2.05) is 0 Å². The van der Waals surface area contributed by atoms with Gasteiger partial charge in [-0.2, -0.15) is 4.98 Å². The number of nitrogens with one attached hydrogen (secondary N) is 2. The number of nitrogens with zero attached hydrogens (tertiary/aromatic N) is 3. The standard InChI is InChI=1S/C18H23N5O4/c1-27-18-19-6-5-12(21-18)17(26)22-15-11-7-13(15)23(9-11)14(24)8-20-16(25)10-3-2-4-10/h5-6,10-11,13,15H,2-4,7-9H2,1H3,(H,20,25)(H,22,26). The first-order chi connectivity index (χ1) is 13.1. The lowest BCUT2D eigenvalue weighted by atomic mass is 9.80. The highest BCUT2D eigenvalue weighted by Gasteiger charge is 2.54. The molecule has 0 radical (unpaired) electrons. The van der Waals surface area contributed by atoms with Crippen LogP contribution in [0.4, 0.5) is 0 Å². The summed E-state index contributed by atoms with van der Waals surface area (Å²) in [5, 5.41) is 5.71. The van der Waals surface area contributed by atoms with Crippen molar-refractivity contribution in [2.45, 2.75) is 37.8 Å². The zero-order valence-electron chi connectivity index (χ0n) is 15.2. The molecule has 1 aromatic heterocycles. The van der Waals surface area contributed by atoms with Crippen LogP contribution in [-0.2, 0) is 9.59 Å². The van der Waals surface area contributed by atoms with Crippen molar-refractivity contribution in [2.24, 2.45) is 11.8 Å². The van der Waals surface area contributed by atoms with E-state index in [0.717, 1.165) is 25.7 Å². The molecule has 5 rings (SSSR count). The smallest absolute Gasteiger partial charge is 0.316 e. The maximum atomic E-state index is 12.5. The van der Waals surface area contributed by atoms with E-state index in [4.69, 9.17) is 4.74 Å². The molecule has 27 heavy (non-hydrogen) atoms. The molecule has 0 spiro atoms. The first kappa shape index (κ1) is 17.7. The Morgan fingerprint density at radius 1 is 1.33 bits per heavy atom. The van der Waals surface area contributed by atoms with Crippen LogP contribution in [-0.4, -0.2) is 64.9 Å². The van der Waals surface area contributed by atoms with E-state index in [0.29, 0.717) is 6.54 Å². The molecule has 3 atom stereocenters. The minimum absolute atomic E-state index is 0.0178. The van der Waals surface area contributed by atoms with Crippen LogP contribution in [0.25, 0.3) is 0 Å². The monoisotopic (exact) mass is 373 g/mol. The number of amides is 3. The number of carbonyl (C=O) groups excluding carboxylic acids is 3. The summed E-state index contributed by atoms with van der Waals surface area (Å²) in [6.07, 6.45) is 5.26. The molecule has 2 saturated heterocycles. The van der Waals surface area contributed by atoms with Gasteiger partial charge >= 0.3 is 6.01 Å². The van der Waals surface area contributed by atoms with Crippen LogP contribution in [0.1, 0.15) is 36.2 Å². The zero-order chi connectivity index (χ0) is 19.0. The summed E-state index contributed by atoms with van der Waals surface area (Å²) in [5.74, 6) is -0.0989. The molecule has 144 valence electrons. The summed E-state index contributed by atoms with van der Waals surface area (Å²) in [5.41, 5.74) is 0.235. The molecule has 4 fully saturated rings. The lowest BCUT2D eigenvalue weighted by Gasteiger charge is -2.36. The molecule has 3 unspecified atom stereocenters. The molecule has 4 aliphatic rings. The van der Waals surface area contributed by atoms with Crippen LogP contribution in [0.5, 0.6) is 6.01 Å². The van der Waals surface area contributed by atoms with Crippen LogP contribution in [0.3, 0.4) is 0 Å². The van der Waals surface area contributed by atoms with E-state index in [2.05, 4.69) is 20.6 Å². The third-order valence-corrected chi connectivity index (χ3v) is 5.85. The molecule has 9 heteroatoms. The number of fused-ring (bicyclic) bond motifs is 1. The molecule has 3 amide bonds. The summed E-state index contributed by atoms with van der Waals surface area (Å²) >= 11 is 0. The molecule has 9 nitrogen and oxygen atoms in total.